The molecule has 0 saturated carbocycles. The lowest BCUT2D eigenvalue weighted by Crippen LogP contribution is -2.35. The van der Waals surface area contributed by atoms with Gasteiger partial charge in [-0.1, -0.05) is 45.0 Å². The van der Waals surface area contributed by atoms with Gasteiger partial charge in [-0.15, -0.1) is 0 Å². The van der Waals surface area contributed by atoms with Crippen molar-refractivity contribution in [3.05, 3.63) is 80.4 Å². The van der Waals surface area contributed by atoms with Crippen LogP contribution in [0, 0.1) is 13.8 Å². The molecule has 1 fully saturated rings. The van der Waals surface area contributed by atoms with Crippen molar-refractivity contribution in [2.24, 2.45) is 0 Å². The van der Waals surface area contributed by atoms with Crippen molar-refractivity contribution < 1.29 is 9.53 Å². The highest BCUT2D eigenvalue weighted by Gasteiger charge is 2.29. The fourth-order valence-corrected chi connectivity index (χ4v) is 5.51. The molecule has 9 heteroatoms. The van der Waals surface area contributed by atoms with Crippen molar-refractivity contribution in [2.75, 3.05) is 26.3 Å². The van der Waals surface area contributed by atoms with Crippen molar-refractivity contribution in [1.29, 1.82) is 0 Å². The summed E-state index contributed by atoms with van der Waals surface area (Å²) in [6, 6.07) is 12.2. The number of carbonyl (C=O) groups is 1. The van der Waals surface area contributed by atoms with Gasteiger partial charge < -0.3 is 15.0 Å². The van der Waals surface area contributed by atoms with Crippen LogP contribution in [0.25, 0.3) is 22.3 Å². The third-order valence-electron chi connectivity index (χ3n) is 7.79. The Hall–Kier alpha value is -3.82. The number of nitrogens with one attached hydrogen (secondary N) is 2. The first kappa shape index (κ1) is 29.7. The molecule has 2 N–H and O–H groups in total. The number of aromatic amines is 1. The number of hydrogen-bond acceptors (Lipinski definition) is 6. The van der Waals surface area contributed by atoms with Crippen molar-refractivity contribution in [1.82, 2.24) is 30.0 Å². The topological polar surface area (TPSA) is 105 Å². The van der Waals surface area contributed by atoms with Gasteiger partial charge in [-0.2, -0.15) is 5.10 Å². The van der Waals surface area contributed by atoms with Crippen molar-refractivity contribution in [3.63, 3.8) is 0 Å². The highest BCUT2D eigenvalue weighted by atomic mass is 16.5. The molecule has 9 nitrogen and oxygen atoms in total. The summed E-state index contributed by atoms with van der Waals surface area (Å²) < 4.78 is 7.40. The van der Waals surface area contributed by atoms with E-state index in [1.807, 2.05) is 30.7 Å². The minimum absolute atomic E-state index is 0.0481. The molecule has 0 aliphatic carbocycles. The van der Waals surface area contributed by atoms with E-state index in [1.54, 1.807) is 0 Å². The minimum atomic E-state index is -0.317. The molecule has 0 radical (unpaired) electrons. The van der Waals surface area contributed by atoms with E-state index in [-0.39, 0.29) is 29.5 Å². The van der Waals surface area contributed by atoms with E-state index in [2.05, 4.69) is 74.1 Å². The Kier molecular flexibility index (Phi) is 8.35. The lowest BCUT2D eigenvalue weighted by atomic mass is 9.88. The van der Waals surface area contributed by atoms with Gasteiger partial charge in [0.15, 0.2) is 5.65 Å². The number of amides is 1. The van der Waals surface area contributed by atoms with Gasteiger partial charge in [-0.25, -0.2) is 9.67 Å². The Balaban J connectivity index is 1.56. The Bertz CT molecular complexity index is 1650. The van der Waals surface area contributed by atoms with Gasteiger partial charge in [0.2, 0.25) is 0 Å². The van der Waals surface area contributed by atoms with Gasteiger partial charge in [-0.05, 0) is 51.0 Å². The molecule has 5 rings (SSSR count). The normalized spacial score (nSPS) is 14.6. The smallest absolute Gasteiger partial charge is 0.253 e. The largest absolute Gasteiger partial charge is 0.379 e. The number of carbonyl (C=O) groups excluding carboxylic acids is 1. The number of fused-ring (bicyclic) bond motifs is 1. The zero-order chi connectivity index (χ0) is 30.2. The summed E-state index contributed by atoms with van der Waals surface area (Å²) in [5.74, 6) is -0.263. The Morgan fingerprint density at radius 1 is 1.10 bits per heavy atom. The predicted octanol–water partition coefficient (Wildman–Crippen LogP) is 5.04. The first-order valence-electron chi connectivity index (χ1n) is 14.7. The maximum atomic E-state index is 13.9. The van der Waals surface area contributed by atoms with Crippen LogP contribution in [-0.2, 0) is 23.2 Å². The van der Waals surface area contributed by atoms with Crippen LogP contribution in [0.1, 0.15) is 79.1 Å². The van der Waals surface area contributed by atoms with Crippen molar-refractivity contribution >= 4 is 16.9 Å². The highest BCUT2D eigenvalue weighted by Crippen LogP contribution is 2.35. The molecular formula is C33H42N6O3. The number of pyridine rings is 2. The summed E-state index contributed by atoms with van der Waals surface area (Å²) in [5.41, 5.74) is 6.54. The standard InChI is InChI=1S/C33H42N6O3/c1-20(2)39-30-28(29(37-39)33(5,6)7)25(31(40)34-18-26-21(3)16-22(4)35-32(26)41)17-27(36-30)24-10-8-23(9-11-24)19-38-12-14-42-15-13-38/h8-11,16-17,20H,12-15,18-19H2,1-7H3,(H,34,40)(H,35,41). The van der Waals surface area contributed by atoms with E-state index < -0.39 is 0 Å². The van der Waals surface area contributed by atoms with Crippen LogP contribution < -0.4 is 10.9 Å². The van der Waals surface area contributed by atoms with Crippen LogP contribution in [0.15, 0.2) is 41.2 Å². The zero-order valence-corrected chi connectivity index (χ0v) is 25.8. The van der Waals surface area contributed by atoms with Crippen LogP contribution in [0.5, 0.6) is 0 Å². The summed E-state index contributed by atoms with van der Waals surface area (Å²) in [4.78, 5) is 36.9. The van der Waals surface area contributed by atoms with E-state index in [0.29, 0.717) is 22.5 Å². The van der Waals surface area contributed by atoms with Gasteiger partial charge in [-0.3, -0.25) is 14.5 Å². The Labute approximate surface area is 247 Å². The average molecular weight is 571 g/mol. The number of benzene rings is 1. The van der Waals surface area contributed by atoms with Crippen LogP contribution >= 0.6 is 0 Å². The summed E-state index contributed by atoms with van der Waals surface area (Å²) >= 11 is 0. The monoisotopic (exact) mass is 570 g/mol. The molecule has 0 unspecified atom stereocenters. The number of morpholine rings is 1. The summed E-state index contributed by atoms with van der Waals surface area (Å²) in [6.45, 7) is 18.6. The maximum Gasteiger partial charge on any atom is 0.253 e. The molecule has 1 aliphatic rings. The molecule has 1 amide bonds. The fourth-order valence-electron chi connectivity index (χ4n) is 5.51. The fraction of sp³-hybridized carbons (Fsp3) is 0.455. The number of ether oxygens (including phenoxy) is 1. The van der Waals surface area contributed by atoms with Gasteiger partial charge in [0.25, 0.3) is 11.5 Å². The maximum absolute atomic E-state index is 13.9. The van der Waals surface area contributed by atoms with Gasteiger partial charge in [0.05, 0.1) is 35.6 Å². The molecule has 0 spiro atoms. The molecule has 0 bridgehead atoms. The number of H-pyrrole nitrogens is 1. The molecule has 222 valence electrons. The minimum Gasteiger partial charge on any atom is -0.379 e. The van der Waals surface area contributed by atoms with E-state index >= 15 is 0 Å². The molecule has 4 aromatic rings. The predicted molar refractivity (Wildman–Crippen MR) is 166 cm³/mol. The summed E-state index contributed by atoms with van der Waals surface area (Å²) in [5, 5.41) is 8.74. The first-order valence-corrected chi connectivity index (χ1v) is 14.7. The van der Waals surface area contributed by atoms with Gasteiger partial charge >= 0.3 is 0 Å². The second-order valence-electron chi connectivity index (χ2n) is 12.6. The second kappa shape index (κ2) is 11.8. The van der Waals surface area contributed by atoms with Crippen LogP contribution in [0.4, 0.5) is 0 Å². The van der Waals surface area contributed by atoms with E-state index in [1.165, 1.54) is 5.56 Å². The van der Waals surface area contributed by atoms with Crippen molar-refractivity contribution in [2.45, 2.75) is 73.0 Å². The van der Waals surface area contributed by atoms with E-state index in [4.69, 9.17) is 14.8 Å². The number of aromatic nitrogens is 4. The number of rotatable bonds is 7. The number of hydrogen-bond donors (Lipinski definition) is 2. The molecule has 0 atom stereocenters. The molecule has 1 aromatic carbocycles. The second-order valence-corrected chi connectivity index (χ2v) is 12.6. The van der Waals surface area contributed by atoms with E-state index in [0.717, 1.165) is 60.7 Å². The Morgan fingerprint density at radius 3 is 2.40 bits per heavy atom. The quantitative estimate of drug-likeness (QED) is 0.322. The third kappa shape index (κ3) is 6.17. The average Bonchev–Trinajstić information content (AvgIpc) is 3.34. The van der Waals surface area contributed by atoms with Gasteiger partial charge in [0, 0.05) is 54.5 Å². The lowest BCUT2D eigenvalue weighted by molar-refractivity contribution is 0.0342. The van der Waals surface area contributed by atoms with E-state index in [9.17, 15) is 9.59 Å². The zero-order valence-electron chi connectivity index (χ0n) is 25.8. The third-order valence-corrected chi connectivity index (χ3v) is 7.79. The number of nitrogens with zero attached hydrogens (tertiary/aromatic N) is 4. The van der Waals surface area contributed by atoms with Crippen molar-refractivity contribution in [3.8, 4) is 11.3 Å². The van der Waals surface area contributed by atoms with Crippen LogP contribution in [0.3, 0.4) is 0 Å². The summed E-state index contributed by atoms with van der Waals surface area (Å²) in [6.07, 6.45) is 0. The molecule has 3 aromatic heterocycles. The first-order chi connectivity index (χ1) is 19.9. The molecular weight excluding hydrogens is 528 g/mol. The molecule has 42 heavy (non-hydrogen) atoms. The van der Waals surface area contributed by atoms with Crippen LogP contribution in [-0.4, -0.2) is 56.9 Å². The highest BCUT2D eigenvalue weighted by molar-refractivity contribution is 6.07. The Morgan fingerprint density at radius 2 is 1.79 bits per heavy atom. The number of aryl methyl sites for hydroxylation is 2. The van der Waals surface area contributed by atoms with Gasteiger partial charge in [0.1, 0.15) is 0 Å². The molecule has 4 heterocycles. The lowest BCUT2D eigenvalue weighted by Gasteiger charge is -2.26. The molecule has 1 aliphatic heterocycles. The SMILES string of the molecule is Cc1cc(C)c(CNC(=O)c2cc(-c3ccc(CN4CCOCC4)cc3)nc3c2c(C(C)(C)C)nn3C(C)C)c(=O)[nH]1. The summed E-state index contributed by atoms with van der Waals surface area (Å²) in [7, 11) is 0. The molecule has 1 saturated heterocycles. The van der Waals surface area contributed by atoms with Crippen LogP contribution in [0.2, 0.25) is 0 Å².